The molecular weight excluding hydrogens is 354 g/mol. The third-order valence-corrected chi connectivity index (χ3v) is 4.41. The molecule has 0 aromatic heterocycles. The van der Waals surface area contributed by atoms with Crippen LogP contribution < -0.4 is 19.5 Å². The second-order valence-electron chi connectivity index (χ2n) is 6.84. The third-order valence-electron chi connectivity index (χ3n) is 4.18. The van der Waals surface area contributed by atoms with Crippen molar-refractivity contribution < 1.29 is 19.0 Å². The van der Waals surface area contributed by atoms with Crippen LogP contribution in [-0.4, -0.2) is 25.2 Å². The third kappa shape index (κ3) is 4.41. The zero-order chi connectivity index (χ0) is 18.7. The van der Waals surface area contributed by atoms with Gasteiger partial charge in [-0.05, 0) is 50.2 Å². The van der Waals surface area contributed by atoms with Gasteiger partial charge in [0, 0.05) is 17.0 Å². The molecule has 5 nitrogen and oxygen atoms in total. The first-order valence-electron chi connectivity index (χ1n) is 8.41. The van der Waals surface area contributed by atoms with Crippen molar-refractivity contribution in [1.82, 2.24) is 5.32 Å². The molecule has 1 aliphatic rings. The van der Waals surface area contributed by atoms with Crippen molar-refractivity contribution in [3.05, 3.63) is 53.1 Å². The zero-order valence-electron chi connectivity index (χ0n) is 15.0. The van der Waals surface area contributed by atoms with Crippen LogP contribution in [0.4, 0.5) is 0 Å². The number of nitrogens with one attached hydrogen (secondary N) is 1. The summed E-state index contributed by atoms with van der Waals surface area (Å²) in [6.45, 7) is 3.92. The SMILES string of the molecule is COc1ccc2c(c1)[C@H](NC(=O)COc1cccc(Cl)c1)CC(C)(C)O2. The largest absolute Gasteiger partial charge is 0.497 e. The molecule has 1 N–H and O–H groups in total. The lowest BCUT2D eigenvalue weighted by molar-refractivity contribution is -0.124. The fourth-order valence-corrected chi connectivity index (χ4v) is 3.21. The Labute approximate surface area is 158 Å². The minimum Gasteiger partial charge on any atom is -0.497 e. The van der Waals surface area contributed by atoms with E-state index in [0.29, 0.717) is 17.2 Å². The molecule has 6 heteroatoms. The van der Waals surface area contributed by atoms with Gasteiger partial charge in [-0.2, -0.15) is 0 Å². The fourth-order valence-electron chi connectivity index (χ4n) is 3.03. The van der Waals surface area contributed by atoms with E-state index in [2.05, 4.69) is 5.32 Å². The maximum atomic E-state index is 12.4. The van der Waals surface area contributed by atoms with Gasteiger partial charge in [0.05, 0.1) is 13.2 Å². The van der Waals surface area contributed by atoms with Gasteiger partial charge in [-0.3, -0.25) is 4.79 Å². The molecule has 0 spiro atoms. The van der Waals surface area contributed by atoms with Crippen LogP contribution in [0.1, 0.15) is 31.9 Å². The smallest absolute Gasteiger partial charge is 0.258 e. The highest BCUT2D eigenvalue weighted by molar-refractivity contribution is 6.30. The molecule has 0 unspecified atom stereocenters. The molecule has 2 aromatic rings. The Morgan fingerprint density at radius 1 is 1.27 bits per heavy atom. The number of ether oxygens (including phenoxy) is 3. The number of methoxy groups -OCH3 is 1. The van der Waals surface area contributed by atoms with Gasteiger partial charge in [0.15, 0.2) is 6.61 Å². The van der Waals surface area contributed by atoms with Crippen molar-refractivity contribution in [3.8, 4) is 17.2 Å². The number of benzene rings is 2. The van der Waals surface area contributed by atoms with E-state index in [4.69, 9.17) is 25.8 Å². The van der Waals surface area contributed by atoms with Gasteiger partial charge in [-0.1, -0.05) is 17.7 Å². The molecule has 3 rings (SSSR count). The Morgan fingerprint density at radius 2 is 2.08 bits per heavy atom. The highest BCUT2D eigenvalue weighted by Crippen LogP contribution is 2.41. The highest BCUT2D eigenvalue weighted by Gasteiger charge is 2.34. The normalized spacial score (nSPS) is 17.6. The first-order chi connectivity index (χ1) is 12.4. The lowest BCUT2D eigenvalue weighted by atomic mass is 9.89. The molecular formula is C20H22ClNO4. The number of carbonyl (C=O) groups excluding carboxylic acids is 1. The molecule has 26 heavy (non-hydrogen) atoms. The first kappa shape index (κ1) is 18.4. The van der Waals surface area contributed by atoms with E-state index in [9.17, 15) is 4.79 Å². The van der Waals surface area contributed by atoms with Crippen LogP contribution in [-0.2, 0) is 4.79 Å². The number of rotatable bonds is 5. The van der Waals surface area contributed by atoms with Crippen LogP contribution in [0.3, 0.4) is 0 Å². The quantitative estimate of drug-likeness (QED) is 0.853. The lowest BCUT2D eigenvalue weighted by Crippen LogP contribution is -2.42. The molecule has 0 radical (unpaired) electrons. The summed E-state index contributed by atoms with van der Waals surface area (Å²) in [6.07, 6.45) is 0.649. The van der Waals surface area contributed by atoms with Crippen molar-refractivity contribution >= 4 is 17.5 Å². The standard InChI is InChI=1S/C20H22ClNO4/c1-20(2)11-17(16-10-14(24-3)7-8-18(16)26-20)22-19(23)12-25-15-6-4-5-13(21)9-15/h4-10,17H,11-12H2,1-3H3,(H,22,23)/t17-/m1/s1. The van der Waals surface area contributed by atoms with Crippen LogP contribution in [0.25, 0.3) is 0 Å². The molecule has 1 heterocycles. The molecule has 0 fully saturated rings. The summed E-state index contributed by atoms with van der Waals surface area (Å²) in [7, 11) is 1.61. The first-order valence-corrected chi connectivity index (χ1v) is 8.79. The van der Waals surface area contributed by atoms with Gasteiger partial charge >= 0.3 is 0 Å². The van der Waals surface area contributed by atoms with Crippen LogP contribution in [0.2, 0.25) is 5.02 Å². The monoisotopic (exact) mass is 375 g/mol. The van der Waals surface area contributed by atoms with Gasteiger partial charge in [-0.15, -0.1) is 0 Å². The predicted molar refractivity (Wildman–Crippen MR) is 100 cm³/mol. The van der Waals surface area contributed by atoms with E-state index in [1.165, 1.54) is 0 Å². The summed E-state index contributed by atoms with van der Waals surface area (Å²) in [5.74, 6) is 1.83. The van der Waals surface area contributed by atoms with Crippen LogP contribution in [0.15, 0.2) is 42.5 Å². The van der Waals surface area contributed by atoms with E-state index in [-0.39, 0.29) is 24.2 Å². The molecule has 138 valence electrons. The average molecular weight is 376 g/mol. The molecule has 1 amide bonds. The van der Waals surface area contributed by atoms with Gasteiger partial charge in [0.1, 0.15) is 22.8 Å². The Morgan fingerprint density at radius 3 is 2.81 bits per heavy atom. The maximum Gasteiger partial charge on any atom is 0.258 e. The molecule has 2 aromatic carbocycles. The van der Waals surface area contributed by atoms with Gasteiger partial charge < -0.3 is 19.5 Å². The second-order valence-corrected chi connectivity index (χ2v) is 7.27. The topological polar surface area (TPSA) is 56.8 Å². The predicted octanol–water partition coefficient (Wildman–Crippen LogP) is 4.15. The van der Waals surface area contributed by atoms with Crippen LogP contribution >= 0.6 is 11.6 Å². The molecule has 0 saturated heterocycles. The minimum atomic E-state index is -0.382. The number of carbonyl (C=O) groups is 1. The Kier molecular flexibility index (Phi) is 5.28. The summed E-state index contributed by atoms with van der Waals surface area (Å²) < 4.78 is 16.8. The van der Waals surface area contributed by atoms with Crippen molar-refractivity contribution in [3.63, 3.8) is 0 Å². The molecule has 0 saturated carbocycles. The van der Waals surface area contributed by atoms with Crippen LogP contribution in [0, 0.1) is 0 Å². The van der Waals surface area contributed by atoms with Crippen molar-refractivity contribution in [2.75, 3.05) is 13.7 Å². The summed E-state index contributed by atoms with van der Waals surface area (Å²) in [4.78, 5) is 12.4. The van der Waals surface area contributed by atoms with Crippen LogP contribution in [0.5, 0.6) is 17.2 Å². The maximum absolute atomic E-state index is 12.4. The minimum absolute atomic E-state index is 0.0859. The van der Waals surface area contributed by atoms with E-state index in [1.54, 1.807) is 31.4 Å². The van der Waals surface area contributed by atoms with Gasteiger partial charge in [0.2, 0.25) is 0 Å². The summed E-state index contributed by atoms with van der Waals surface area (Å²) in [6, 6.07) is 12.4. The summed E-state index contributed by atoms with van der Waals surface area (Å²) in [5.41, 5.74) is 0.521. The number of amides is 1. The number of halogens is 1. The van der Waals surface area contributed by atoms with Gasteiger partial charge in [0.25, 0.3) is 5.91 Å². The van der Waals surface area contributed by atoms with Crippen molar-refractivity contribution in [2.45, 2.75) is 31.9 Å². The zero-order valence-corrected chi connectivity index (χ0v) is 15.8. The summed E-state index contributed by atoms with van der Waals surface area (Å²) >= 11 is 5.93. The van der Waals surface area contributed by atoms with E-state index >= 15 is 0 Å². The Hall–Kier alpha value is -2.40. The van der Waals surface area contributed by atoms with Gasteiger partial charge in [-0.25, -0.2) is 0 Å². The average Bonchev–Trinajstić information content (AvgIpc) is 2.59. The number of hydrogen-bond donors (Lipinski definition) is 1. The van der Waals surface area contributed by atoms with E-state index in [1.807, 2.05) is 32.0 Å². The highest BCUT2D eigenvalue weighted by atomic mass is 35.5. The van der Waals surface area contributed by atoms with E-state index in [0.717, 1.165) is 17.1 Å². The molecule has 1 atom stereocenters. The number of fused-ring (bicyclic) bond motifs is 1. The Balaban J connectivity index is 1.71. The van der Waals surface area contributed by atoms with E-state index < -0.39 is 0 Å². The fraction of sp³-hybridized carbons (Fsp3) is 0.350. The second kappa shape index (κ2) is 7.46. The summed E-state index contributed by atoms with van der Waals surface area (Å²) in [5, 5.41) is 3.60. The van der Waals surface area contributed by atoms with Crippen molar-refractivity contribution in [1.29, 1.82) is 0 Å². The number of hydrogen-bond acceptors (Lipinski definition) is 4. The molecule has 0 aliphatic carbocycles. The van der Waals surface area contributed by atoms with Crippen molar-refractivity contribution in [2.24, 2.45) is 0 Å². The lowest BCUT2D eigenvalue weighted by Gasteiger charge is -2.38. The molecule has 0 bridgehead atoms. The Bertz CT molecular complexity index is 806. The molecule has 1 aliphatic heterocycles.